The second kappa shape index (κ2) is 10.5. The Labute approximate surface area is 306 Å². The zero-order chi connectivity index (χ0) is 36.7. The molecule has 4 heterocycles. The maximum Gasteiger partial charge on any atom is 0.217 e. The van der Waals surface area contributed by atoms with Gasteiger partial charge < -0.3 is 14.2 Å². The van der Waals surface area contributed by atoms with Gasteiger partial charge in [-0.3, -0.25) is 4.57 Å². The molecule has 0 N–H and O–H groups in total. The van der Waals surface area contributed by atoms with Crippen molar-refractivity contribution in [2.75, 3.05) is 0 Å². The number of fused-ring (bicyclic) bond motifs is 8. The number of aromatic nitrogens is 2. The van der Waals surface area contributed by atoms with Gasteiger partial charge in [-0.2, -0.15) is 0 Å². The van der Waals surface area contributed by atoms with Gasteiger partial charge in [0.15, 0.2) is 17.3 Å². The van der Waals surface area contributed by atoms with Gasteiger partial charge in [0, 0.05) is 40.4 Å². The minimum absolute atomic E-state index is 0.0476. The lowest BCUT2D eigenvalue weighted by molar-refractivity contribution is -0.0673. The van der Waals surface area contributed by atoms with Gasteiger partial charge in [0.1, 0.15) is 22.6 Å². The smallest absolute Gasteiger partial charge is 0.217 e. The summed E-state index contributed by atoms with van der Waals surface area (Å²) < 4.78 is 22.7. The first kappa shape index (κ1) is 32.8. The van der Waals surface area contributed by atoms with E-state index < -0.39 is 11.1 Å². The molecule has 2 aliphatic heterocycles. The van der Waals surface area contributed by atoms with E-state index in [1.54, 1.807) is 0 Å². The first-order valence-corrected chi connectivity index (χ1v) is 18.4. The number of hydrogen-bond donors (Lipinski definition) is 0. The average Bonchev–Trinajstić information content (AvgIpc) is 3.64. The Bertz CT molecular complexity index is 2560. The summed E-state index contributed by atoms with van der Waals surface area (Å²) in [4.78, 5) is 10.3. The number of hydrogen-bond acceptors (Lipinski definition) is 5. The number of rotatable bonds is 3. The van der Waals surface area contributed by atoms with Crippen molar-refractivity contribution in [3.63, 3.8) is 0 Å². The molecule has 0 bridgehead atoms. The molecule has 3 aliphatic rings. The third kappa shape index (κ3) is 4.49. The quantitative estimate of drug-likeness (QED) is 0.185. The van der Waals surface area contributed by atoms with Crippen molar-refractivity contribution >= 4 is 27.7 Å². The minimum atomic E-state index is -0.510. The van der Waals surface area contributed by atoms with Gasteiger partial charge in [-0.15, -0.1) is 0 Å². The van der Waals surface area contributed by atoms with E-state index in [1.807, 2.05) is 25.3 Å². The van der Waals surface area contributed by atoms with Crippen LogP contribution in [0.25, 0.3) is 27.6 Å². The first-order chi connectivity index (χ1) is 24.5. The van der Waals surface area contributed by atoms with Crippen molar-refractivity contribution in [1.82, 2.24) is 9.55 Å². The predicted octanol–water partition coefficient (Wildman–Crippen LogP) is 11.6. The largest absolute Gasteiger partial charge is 0.467 e. The van der Waals surface area contributed by atoms with Crippen LogP contribution in [-0.2, 0) is 22.1 Å². The van der Waals surface area contributed by atoms with Crippen LogP contribution in [0.5, 0.6) is 23.0 Å². The maximum absolute atomic E-state index is 7.10. The summed E-state index contributed by atoms with van der Waals surface area (Å²) in [5.74, 6) is 4.57. The van der Waals surface area contributed by atoms with Crippen LogP contribution < -0.4 is 9.47 Å². The summed E-state index contributed by atoms with van der Waals surface area (Å²) >= 11 is 0. The maximum atomic E-state index is 7.10. The summed E-state index contributed by atoms with van der Waals surface area (Å²) in [5, 5.41) is 2.30. The van der Waals surface area contributed by atoms with E-state index in [0.717, 1.165) is 73.7 Å². The summed E-state index contributed by atoms with van der Waals surface area (Å²) in [6, 6.07) is 23.8. The van der Waals surface area contributed by atoms with Crippen molar-refractivity contribution < 1.29 is 14.2 Å². The second-order valence-corrected chi connectivity index (χ2v) is 17.6. The molecule has 9 rings (SSSR count). The third-order valence-corrected chi connectivity index (χ3v) is 12.0. The number of aryl methyl sites for hydroxylation is 4. The monoisotopic (exact) mass is 689 g/mol. The summed E-state index contributed by atoms with van der Waals surface area (Å²) in [6.45, 7) is 24.4. The molecule has 0 saturated heterocycles. The molecule has 0 fully saturated rings. The Morgan fingerprint density at radius 3 is 2.33 bits per heavy atom. The number of nitrogens with zero attached hydrogens (tertiary/aromatic N) is 3. The van der Waals surface area contributed by atoms with E-state index in [1.165, 1.54) is 27.8 Å². The molecule has 52 heavy (non-hydrogen) atoms. The fourth-order valence-corrected chi connectivity index (χ4v) is 8.88. The minimum Gasteiger partial charge on any atom is -0.467 e. The summed E-state index contributed by atoms with van der Waals surface area (Å²) in [7, 11) is 0. The Balaban J connectivity index is 1.15. The molecule has 0 amide bonds. The van der Waals surface area contributed by atoms with Crippen LogP contribution in [0.15, 0.2) is 77.9 Å². The van der Waals surface area contributed by atoms with Crippen molar-refractivity contribution in [1.29, 1.82) is 0 Å². The van der Waals surface area contributed by atoms with Crippen LogP contribution in [-0.4, -0.2) is 21.0 Å². The molecule has 2 atom stereocenters. The van der Waals surface area contributed by atoms with Crippen molar-refractivity contribution in [3.05, 3.63) is 117 Å². The van der Waals surface area contributed by atoms with E-state index in [2.05, 4.69) is 128 Å². The zero-order valence-electron chi connectivity index (χ0n) is 32.2. The van der Waals surface area contributed by atoms with E-state index in [0.29, 0.717) is 5.90 Å². The molecular weight excluding hydrogens is 643 g/mol. The number of pyridine rings is 1. The van der Waals surface area contributed by atoms with Crippen LogP contribution in [0.3, 0.4) is 0 Å². The van der Waals surface area contributed by atoms with Gasteiger partial charge in [-0.05, 0) is 121 Å². The van der Waals surface area contributed by atoms with Crippen LogP contribution >= 0.6 is 0 Å². The second-order valence-electron chi connectivity index (χ2n) is 17.6. The van der Waals surface area contributed by atoms with Gasteiger partial charge in [-0.1, -0.05) is 59.7 Å². The molecule has 0 unspecified atom stereocenters. The molecule has 6 aromatic rings. The molecule has 0 radical (unpaired) electrons. The summed E-state index contributed by atoms with van der Waals surface area (Å²) in [5.41, 5.74) is 10.3. The van der Waals surface area contributed by atoms with Gasteiger partial charge in [-0.25, -0.2) is 9.98 Å². The Morgan fingerprint density at radius 1 is 0.808 bits per heavy atom. The topological polar surface area (TPSA) is 57.9 Å². The highest BCUT2D eigenvalue weighted by Crippen LogP contribution is 2.60. The fourth-order valence-electron chi connectivity index (χ4n) is 8.88. The Kier molecular flexibility index (Phi) is 6.62. The Hall–Kier alpha value is -5.10. The zero-order valence-corrected chi connectivity index (χ0v) is 32.2. The molecular formula is C46H47N3O3. The van der Waals surface area contributed by atoms with E-state index in [-0.39, 0.29) is 10.8 Å². The predicted molar refractivity (Wildman–Crippen MR) is 210 cm³/mol. The van der Waals surface area contributed by atoms with Crippen molar-refractivity contribution in [2.24, 2.45) is 10.4 Å². The van der Waals surface area contributed by atoms with E-state index in [4.69, 9.17) is 24.2 Å². The lowest BCUT2D eigenvalue weighted by Gasteiger charge is -2.45. The van der Waals surface area contributed by atoms with Crippen LogP contribution in [0.1, 0.15) is 93.0 Å². The number of aliphatic imine (C=N–C) groups is 1. The van der Waals surface area contributed by atoms with Gasteiger partial charge in [0.25, 0.3) is 0 Å². The molecule has 4 aromatic carbocycles. The van der Waals surface area contributed by atoms with Crippen LogP contribution in [0, 0.1) is 33.1 Å². The highest BCUT2D eigenvalue weighted by Gasteiger charge is 2.66. The molecule has 1 aliphatic carbocycles. The standard InChI is InChI=1S/C46H47N3O3/c1-25-15-39-41(47-24-25)49-36-22-37(28(4)17-33(36)34-20-31(43(5,6)7)21-38(51-39)40(34)49)50-32-14-12-13-29(19-32)42-48-45(11)35-18-27(3)26(2)16-30(35)23-46(45,52-42)44(8,9)10/h12-22,24H,23H2,1-11H3/t45-,46-/m1/s1. The lowest BCUT2D eigenvalue weighted by atomic mass is 9.66. The highest BCUT2D eigenvalue weighted by molar-refractivity contribution is 6.13. The van der Waals surface area contributed by atoms with Crippen molar-refractivity contribution in [2.45, 2.75) is 99.1 Å². The van der Waals surface area contributed by atoms with Crippen LogP contribution in [0.2, 0.25) is 0 Å². The molecule has 0 saturated carbocycles. The summed E-state index contributed by atoms with van der Waals surface area (Å²) in [6.07, 6.45) is 2.72. The van der Waals surface area contributed by atoms with Gasteiger partial charge >= 0.3 is 0 Å². The van der Waals surface area contributed by atoms with Gasteiger partial charge in [0.05, 0.1) is 11.0 Å². The third-order valence-electron chi connectivity index (χ3n) is 12.0. The van der Waals surface area contributed by atoms with E-state index >= 15 is 0 Å². The van der Waals surface area contributed by atoms with Crippen LogP contribution in [0.4, 0.5) is 0 Å². The fraction of sp³-hybridized carbons (Fsp3) is 0.348. The van der Waals surface area contributed by atoms with Gasteiger partial charge in [0.2, 0.25) is 5.90 Å². The normalized spacial score (nSPS) is 20.3. The molecule has 0 spiro atoms. The molecule has 6 heteroatoms. The average molecular weight is 690 g/mol. The molecule has 264 valence electrons. The number of benzene rings is 4. The Morgan fingerprint density at radius 2 is 1.58 bits per heavy atom. The lowest BCUT2D eigenvalue weighted by Crippen LogP contribution is -2.54. The van der Waals surface area contributed by atoms with E-state index in [9.17, 15) is 0 Å². The SMILES string of the molecule is Cc1cnc2c(c1)Oc1cc(C(C)(C)C)cc3c4cc(C)c(Oc5cccc(C6=N[C@]7(C)c8cc(C)c(C)cc8C[C@]7(C(C)(C)C)O6)c5)cc4n-2c13. The molecule has 2 aromatic heterocycles. The first-order valence-electron chi connectivity index (χ1n) is 18.4. The van der Waals surface area contributed by atoms with Crippen molar-refractivity contribution in [3.8, 4) is 28.8 Å². The molecule has 6 nitrogen and oxygen atoms in total. The number of ether oxygens (including phenoxy) is 3. The highest BCUT2D eigenvalue weighted by atomic mass is 16.5.